The lowest BCUT2D eigenvalue weighted by molar-refractivity contribution is -0.00893. The van der Waals surface area contributed by atoms with Gasteiger partial charge in [0.05, 0.1) is 7.11 Å². The number of likely N-dealkylation sites (tertiary alicyclic amines) is 1. The fraction of sp³-hybridized carbons (Fsp3) is 0.478. The summed E-state index contributed by atoms with van der Waals surface area (Å²) < 4.78 is 19.8. The van der Waals surface area contributed by atoms with Crippen molar-refractivity contribution in [3.63, 3.8) is 0 Å². The molecule has 0 radical (unpaired) electrons. The number of fused-ring (bicyclic) bond motifs is 2. The van der Waals surface area contributed by atoms with E-state index in [2.05, 4.69) is 15.9 Å². The van der Waals surface area contributed by atoms with E-state index in [9.17, 15) is 9.50 Å². The van der Waals surface area contributed by atoms with Crippen LogP contribution < -0.4 is 4.74 Å². The molecule has 4 heterocycles. The maximum Gasteiger partial charge on any atom is 0.127 e. The Kier molecular flexibility index (Phi) is 4.52. The molecule has 4 aliphatic rings. The SMILES string of the molecule is COc1ccc(F)c(CN2C[C@@H](c3cccc(O)c3)[C@@H]3[C@H]2C2CCN3CC2)c1. The van der Waals surface area contributed by atoms with Crippen LogP contribution in [0.1, 0.15) is 29.9 Å². The zero-order valence-corrected chi connectivity index (χ0v) is 16.2. The molecule has 0 unspecified atom stereocenters. The summed E-state index contributed by atoms with van der Waals surface area (Å²) in [6.07, 6.45) is 2.45. The zero-order valence-electron chi connectivity index (χ0n) is 16.2. The molecule has 2 aromatic carbocycles. The third-order valence-electron chi connectivity index (χ3n) is 7.02. The summed E-state index contributed by atoms with van der Waals surface area (Å²) >= 11 is 0. The predicted octanol–water partition coefficient (Wildman–Crippen LogP) is 3.60. The number of nitrogens with zero attached hydrogens (tertiary/aromatic N) is 2. The van der Waals surface area contributed by atoms with Crippen LogP contribution in [-0.4, -0.2) is 53.7 Å². The van der Waals surface area contributed by atoms with Gasteiger partial charge in [-0.25, -0.2) is 4.39 Å². The van der Waals surface area contributed by atoms with Crippen LogP contribution >= 0.6 is 0 Å². The second-order valence-corrected chi connectivity index (χ2v) is 8.44. The van der Waals surface area contributed by atoms with Crippen LogP contribution in [0.5, 0.6) is 11.5 Å². The first-order valence-corrected chi connectivity index (χ1v) is 10.2. The molecule has 5 heteroatoms. The zero-order chi connectivity index (χ0) is 19.3. The van der Waals surface area contributed by atoms with Crippen molar-refractivity contribution in [3.8, 4) is 11.5 Å². The second-order valence-electron chi connectivity index (χ2n) is 8.44. The molecular weight excluding hydrogens is 355 g/mol. The van der Waals surface area contributed by atoms with Gasteiger partial charge in [0.1, 0.15) is 17.3 Å². The highest BCUT2D eigenvalue weighted by Crippen LogP contribution is 2.47. The van der Waals surface area contributed by atoms with Gasteiger partial charge in [-0.1, -0.05) is 12.1 Å². The molecule has 1 N–H and O–H groups in total. The Bertz CT molecular complexity index is 865. The van der Waals surface area contributed by atoms with E-state index >= 15 is 0 Å². The fourth-order valence-electron chi connectivity index (χ4n) is 5.79. The molecule has 0 spiro atoms. The van der Waals surface area contributed by atoms with Crippen molar-refractivity contribution in [3.05, 3.63) is 59.4 Å². The molecule has 3 atom stereocenters. The number of hydrogen-bond acceptors (Lipinski definition) is 4. The topological polar surface area (TPSA) is 35.9 Å². The molecule has 6 rings (SSSR count). The molecule has 148 valence electrons. The number of rotatable bonds is 4. The molecule has 2 bridgehead atoms. The monoisotopic (exact) mass is 382 g/mol. The molecule has 0 amide bonds. The minimum Gasteiger partial charge on any atom is -0.508 e. The number of methoxy groups -OCH3 is 1. The normalized spacial score (nSPS) is 31.7. The lowest BCUT2D eigenvalue weighted by Gasteiger charge is -2.51. The number of piperidine rings is 3. The molecule has 2 aromatic rings. The van der Waals surface area contributed by atoms with Crippen LogP contribution in [0.15, 0.2) is 42.5 Å². The van der Waals surface area contributed by atoms with Gasteiger partial charge in [0.2, 0.25) is 0 Å². The van der Waals surface area contributed by atoms with E-state index < -0.39 is 0 Å². The van der Waals surface area contributed by atoms with E-state index in [1.54, 1.807) is 19.2 Å². The van der Waals surface area contributed by atoms with Crippen LogP contribution in [0, 0.1) is 11.7 Å². The fourth-order valence-corrected chi connectivity index (χ4v) is 5.79. The van der Waals surface area contributed by atoms with Gasteiger partial charge in [-0.15, -0.1) is 0 Å². The number of phenolic OH excluding ortho intramolecular Hbond substituents is 1. The van der Waals surface area contributed by atoms with Crippen molar-refractivity contribution in [1.82, 2.24) is 9.80 Å². The Morgan fingerprint density at radius 1 is 1.11 bits per heavy atom. The average Bonchev–Trinajstić information content (AvgIpc) is 3.12. The minimum atomic E-state index is -0.167. The van der Waals surface area contributed by atoms with E-state index in [0.29, 0.717) is 47.5 Å². The summed E-state index contributed by atoms with van der Waals surface area (Å²) in [5, 5.41) is 10.0. The maximum atomic E-state index is 14.5. The third kappa shape index (κ3) is 2.97. The number of phenols is 1. The summed E-state index contributed by atoms with van der Waals surface area (Å²) in [5.41, 5.74) is 1.89. The van der Waals surface area contributed by atoms with Crippen molar-refractivity contribution < 1.29 is 14.2 Å². The molecule has 4 aliphatic heterocycles. The van der Waals surface area contributed by atoms with Gasteiger partial charge in [-0.2, -0.15) is 0 Å². The van der Waals surface area contributed by atoms with Crippen molar-refractivity contribution in [1.29, 1.82) is 0 Å². The van der Waals surface area contributed by atoms with Gasteiger partial charge in [-0.3, -0.25) is 9.80 Å². The van der Waals surface area contributed by atoms with E-state index in [1.807, 2.05) is 18.2 Å². The van der Waals surface area contributed by atoms with Crippen molar-refractivity contribution in [2.75, 3.05) is 26.7 Å². The Hall–Kier alpha value is -2.11. The molecule has 28 heavy (non-hydrogen) atoms. The van der Waals surface area contributed by atoms with E-state index in [4.69, 9.17) is 4.74 Å². The van der Waals surface area contributed by atoms with Crippen LogP contribution in [0.2, 0.25) is 0 Å². The van der Waals surface area contributed by atoms with Crippen LogP contribution in [-0.2, 0) is 6.54 Å². The largest absolute Gasteiger partial charge is 0.508 e. The third-order valence-corrected chi connectivity index (χ3v) is 7.02. The number of halogens is 1. The summed E-state index contributed by atoms with van der Waals surface area (Å²) in [4.78, 5) is 5.11. The second kappa shape index (κ2) is 7.05. The van der Waals surface area contributed by atoms with E-state index in [0.717, 1.165) is 19.6 Å². The number of hydrogen-bond donors (Lipinski definition) is 1. The van der Waals surface area contributed by atoms with Gasteiger partial charge in [0.25, 0.3) is 0 Å². The molecule has 0 aliphatic carbocycles. The summed E-state index contributed by atoms with van der Waals surface area (Å²) in [6, 6.07) is 13.6. The van der Waals surface area contributed by atoms with Gasteiger partial charge < -0.3 is 9.84 Å². The molecule has 0 saturated carbocycles. The van der Waals surface area contributed by atoms with Gasteiger partial charge in [-0.05, 0) is 67.7 Å². The number of benzene rings is 2. The van der Waals surface area contributed by atoms with Crippen LogP contribution in [0.25, 0.3) is 0 Å². The lowest BCUT2D eigenvalue weighted by Crippen LogP contribution is -2.60. The number of ether oxygens (including phenoxy) is 1. The van der Waals surface area contributed by atoms with Gasteiger partial charge in [0.15, 0.2) is 0 Å². The smallest absolute Gasteiger partial charge is 0.127 e. The first-order valence-electron chi connectivity index (χ1n) is 10.2. The Labute approximate surface area is 165 Å². The first-order chi connectivity index (χ1) is 13.6. The minimum absolute atomic E-state index is 0.167. The average molecular weight is 382 g/mol. The van der Waals surface area contributed by atoms with Crippen molar-refractivity contribution in [2.45, 2.75) is 37.4 Å². The summed E-state index contributed by atoms with van der Waals surface area (Å²) in [5.74, 6) is 1.87. The van der Waals surface area contributed by atoms with E-state index in [-0.39, 0.29) is 5.82 Å². The molecule has 4 saturated heterocycles. The van der Waals surface area contributed by atoms with Crippen molar-refractivity contribution >= 4 is 0 Å². The first kappa shape index (κ1) is 18.0. The van der Waals surface area contributed by atoms with Crippen LogP contribution in [0.4, 0.5) is 4.39 Å². The quantitative estimate of drug-likeness (QED) is 0.877. The lowest BCUT2D eigenvalue weighted by atomic mass is 9.75. The Morgan fingerprint density at radius 2 is 1.93 bits per heavy atom. The summed E-state index contributed by atoms with van der Waals surface area (Å²) in [7, 11) is 1.62. The highest BCUT2D eigenvalue weighted by molar-refractivity contribution is 5.34. The molecule has 0 aromatic heterocycles. The molecular formula is C23H27FN2O2. The van der Waals surface area contributed by atoms with E-state index in [1.165, 1.54) is 24.5 Å². The van der Waals surface area contributed by atoms with Crippen molar-refractivity contribution in [2.24, 2.45) is 5.92 Å². The predicted molar refractivity (Wildman–Crippen MR) is 106 cm³/mol. The highest BCUT2D eigenvalue weighted by Gasteiger charge is 2.53. The van der Waals surface area contributed by atoms with Crippen LogP contribution in [0.3, 0.4) is 0 Å². The highest BCUT2D eigenvalue weighted by atomic mass is 19.1. The standard InChI is InChI=1S/C23H27FN2O2/c1-28-19-5-6-21(24)17(12-19)13-26-14-20(16-3-2-4-18(27)11-16)23-22(26)15-7-9-25(23)10-8-15/h2-6,11-12,15,20,22-23,27H,7-10,13-14H2,1H3/t20-,22+,23+/m0/s1. The van der Waals surface area contributed by atoms with Gasteiger partial charge >= 0.3 is 0 Å². The summed E-state index contributed by atoms with van der Waals surface area (Å²) in [6.45, 7) is 3.80. The molecule has 4 fully saturated rings. The maximum absolute atomic E-state index is 14.5. The number of aromatic hydroxyl groups is 1. The Morgan fingerprint density at radius 3 is 2.68 bits per heavy atom. The van der Waals surface area contributed by atoms with Gasteiger partial charge in [0, 0.05) is 36.7 Å². The Balaban J connectivity index is 1.48. The molecule has 4 nitrogen and oxygen atoms in total.